The monoisotopic (exact) mass is 394 g/mol. The summed E-state index contributed by atoms with van der Waals surface area (Å²) in [4.78, 5) is 11.5. The molecule has 0 saturated heterocycles. The Morgan fingerprint density at radius 3 is 1.57 bits per heavy atom. The highest BCUT2D eigenvalue weighted by Gasteiger charge is 2.03. The average molecular weight is 395 g/mol. The van der Waals surface area contributed by atoms with Gasteiger partial charge >= 0.3 is 5.97 Å². The molecule has 2 heteroatoms. The van der Waals surface area contributed by atoms with Gasteiger partial charge in [0, 0.05) is 6.42 Å². The highest BCUT2D eigenvalue weighted by molar-refractivity contribution is 5.69. The zero-order valence-corrected chi connectivity index (χ0v) is 19.5. The lowest BCUT2D eigenvalue weighted by molar-refractivity contribution is -0.144. The number of unbranched alkanes of at least 4 members (excludes halogenated alkanes) is 15. The maximum atomic E-state index is 11.5. The summed E-state index contributed by atoms with van der Waals surface area (Å²) in [6, 6.07) is 0. The highest BCUT2D eigenvalue weighted by Crippen LogP contribution is 2.12. The Labute approximate surface area is 176 Å². The summed E-state index contributed by atoms with van der Waals surface area (Å²) in [5, 5.41) is 0. The molecule has 0 radical (unpaired) electrons. The van der Waals surface area contributed by atoms with Crippen LogP contribution in [0.4, 0.5) is 0 Å². The molecular formula is C26H50O2. The fourth-order valence-corrected chi connectivity index (χ4v) is 3.38. The maximum absolute atomic E-state index is 11.5. The molecule has 0 spiro atoms. The maximum Gasteiger partial charge on any atom is 0.305 e. The molecule has 0 amide bonds. The van der Waals surface area contributed by atoms with Gasteiger partial charge in [0.1, 0.15) is 0 Å². The third kappa shape index (κ3) is 23.2. The minimum Gasteiger partial charge on any atom is -0.465 e. The van der Waals surface area contributed by atoms with Gasteiger partial charge in [0.2, 0.25) is 0 Å². The van der Waals surface area contributed by atoms with Gasteiger partial charge in [-0.15, -0.1) is 0 Å². The molecule has 0 saturated carbocycles. The third-order valence-electron chi connectivity index (χ3n) is 5.22. The Bertz CT molecular complexity index is 346. The lowest BCUT2D eigenvalue weighted by Gasteiger charge is -2.06. The second-order valence-electron chi connectivity index (χ2n) is 8.83. The largest absolute Gasteiger partial charge is 0.465 e. The molecule has 0 rings (SSSR count). The van der Waals surface area contributed by atoms with Crippen LogP contribution in [0.2, 0.25) is 0 Å². The molecule has 0 N–H and O–H groups in total. The summed E-state index contributed by atoms with van der Waals surface area (Å²) in [7, 11) is 0. The fourth-order valence-electron chi connectivity index (χ4n) is 3.38. The first-order valence-electron chi connectivity index (χ1n) is 12.5. The quantitative estimate of drug-likeness (QED) is 0.110. The van der Waals surface area contributed by atoms with Crippen LogP contribution < -0.4 is 0 Å². The summed E-state index contributed by atoms with van der Waals surface area (Å²) in [5.74, 6) is 0.416. The third-order valence-corrected chi connectivity index (χ3v) is 5.22. The van der Waals surface area contributed by atoms with E-state index in [1.807, 2.05) is 0 Å². The van der Waals surface area contributed by atoms with E-state index in [4.69, 9.17) is 4.74 Å². The fraction of sp³-hybridized carbons (Fsp3) is 0.885. The van der Waals surface area contributed by atoms with E-state index >= 15 is 0 Å². The summed E-state index contributed by atoms with van der Waals surface area (Å²) < 4.78 is 5.20. The van der Waals surface area contributed by atoms with Crippen molar-refractivity contribution in [2.45, 2.75) is 136 Å². The molecule has 0 aliphatic rings. The van der Waals surface area contributed by atoms with Crippen LogP contribution in [0.1, 0.15) is 136 Å². The van der Waals surface area contributed by atoms with E-state index < -0.39 is 0 Å². The van der Waals surface area contributed by atoms with Crippen LogP contribution in [0, 0.1) is 5.92 Å². The number of ether oxygens (including phenoxy) is 1. The molecular weight excluding hydrogens is 344 g/mol. The van der Waals surface area contributed by atoms with Crippen LogP contribution in [-0.2, 0) is 9.53 Å². The average Bonchev–Trinajstić information content (AvgIpc) is 2.68. The van der Waals surface area contributed by atoms with Crippen LogP contribution in [0.3, 0.4) is 0 Å². The van der Waals surface area contributed by atoms with Gasteiger partial charge in [-0.3, -0.25) is 4.79 Å². The van der Waals surface area contributed by atoms with Crippen molar-refractivity contribution in [3.8, 4) is 0 Å². The predicted octanol–water partition coefficient (Wildman–Crippen LogP) is 8.78. The van der Waals surface area contributed by atoms with Crippen molar-refractivity contribution in [2.75, 3.05) is 6.61 Å². The van der Waals surface area contributed by atoms with Crippen LogP contribution in [0.5, 0.6) is 0 Å². The minimum absolute atomic E-state index is 0.0188. The topological polar surface area (TPSA) is 26.3 Å². The van der Waals surface area contributed by atoms with Gasteiger partial charge in [-0.1, -0.05) is 110 Å². The number of hydrogen-bond donors (Lipinski definition) is 0. The van der Waals surface area contributed by atoms with Crippen molar-refractivity contribution in [3.05, 3.63) is 12.2 Å². The van der Waals surface area contributed by atoms with E-state index in [2.05, 4.69) is 32.9 Å². The van der Waals surface area contributed by atoms with E-state index in [0.29, 0.717) is 18.9 Å². The zero-order valence-electron chi connectivity index (χ0n) is 19.5. The van der Waals surface area contributed by atoms with Gasteiger partial charge in [0.15, 0.2) is 0 Å². The second kappa shape index (κ2) is 22.5. The lowest BCUT2D eigenvalue weighted by atomic mass is 10.1. The minimum atomic E-state index is -0.0188. The van der Waals surface area contributed by atoms with Crippen LogP contribution in [0.15, 0.2) is 12.2 Å². The first-order chi connectivity index (χ1) is 13.7. The molecule has 0 unspecified atom stereocenters. The van der Waals surface area contributed by atoms with E-state index in [0.717, 1.165) is 6.42 Å². The molecule has 0 heterocycles. The number of allylic oxidation sites excluding steroid dienone is 2. The summed E-state index contributed by atoms with van der Waals surface area (Å²) in [6.45, 7) is 6.98. The molecule has 2 nitrogen and oxygen atoms in total. The van der Waals surface area contributed by atoms with Gasteiger partial charge < -0.3 is 4.74 Å². The highest BCUT2D eigenvalue weighted by atomic mass is 16.5. The molecule has 0 aliphatic carbocycles. The Morgan fingerprint density at radius 2 is 1.11 bits per heavy atom. The Kier molecular flexibility index (Phi) is 21.9. The van der Waals surface area contributed by atoms with Gasteiger partial charge in [0.25, 0.3) is 0 Å². The Morgan fingerprint density at radius 1 is 0.679 bits per heavy atom. The Hall–Kier alpha value is -0.790. The molecule has 0 aliphatic heterocycles. The van der Waals surface area contributed by atoms with Crippen molar-refractivity contribution in [3.63, 3.8) is 0 Å². The molecule has 0 bridgehead atoms. The number of carbonyl (C=O) groups is 1. The number of hydrogen-bond acceptors (Lipinski definition) is 2. The van der Waals surface area contributed by atoms with Gasteiger partial charge in [-0.25, -0.2) is 0 Å². The molecule has 0 fully saturated rings. The van der Waals surface area contributed by atoms with Gasteiger partial charge in [0.05, 0.1) is 6.61 Å². The van der Waals surface area contributed by atoms with E-state index in [-0.39, 0.29) is 5.97 Å². The zero-order chi connectivity index (χ0) is 20.7. The molecule has 28 heavy (non-hydrogen) atoms. The van der Waals surface area contributed by atoms with Crippen molar-refractivity contribution < 1.29 is 9.53 Å². The van der Waals surface area contributed by atoms with Crippen molar-refractivity contribution in [2.24, 2.45) is 5.92 Å². The number of carbonyl (C=O) groups excluding carboxylic acids is 1. The van der Waals surface area contributed by atoms with Crippen LogP contribution in [-0.4, -0.2) is 12.6 Å². The van der Waals surface area contributed by atoms with Crippen LogP contribution in [0.25, 0.3) is 0 Å². The summed E-state index contributed by atoms with van der Waals surface area (Å²) in [6.07, 6.45) is 27.9. The lowest BCUT2D eigenvalue weighted by Crippen LogP contribution is -2.09. The molecule has 166 valence electrons. The number of rotatable bonds is 21. The van der Waals surface area contributed by atoms with Crippen molar-refractivity contribution >= 4 is 5.97 Å². The second-order valence-corrected chi connectivity index (χ2v) is 8.83. The first-order valence-corrected chi connectivity index (χ1v) is 12.5. The van der Waals surface area contributed by atoms with Gasteiger partial charge in [-0.2, -0.15) is 0 Å². The SMILES string of the molecule is CCCCCCCCC=CCCCCCCCCCCCC(=O)OCC(C)C. The van der Waals surface area contributed by atoms with E-state index in [1.54, 1.807) is 0 Å². The van der Waals surface area contributed by atoms with Gasteiger partial charge in [-0.05, 0) is 38.0 Å². The summed E-state index contributed by atoms with van der Waals surface area (Å²) >= 11 is 0. The van der Waals surface area contributed by atoms with E-state index in [9.17, 15) is 4.79 Å². The standard InChI is InChI=1S/C26H50O2/c1-4-5-6-7-8-9-10-11-12-13-14-15-16-17-18-19-20-21-22-23-26(27)28-24-25(2)3/h11-12,25H,4-10,13-24H2,1-3H3. The normalized spacial score (nSPS) is 11.6. The van der Waals surface area contributed by atoms with Crippen molar-refractivity contribution in [1.82, 2.24) is 0 Å². The molecule has 0 aromatic heterocycles. The van der Waals surface area contributed by atoms with Crippen LogP contribution >= 0.6 is 0 Å². The Balaban J connectivity index is 3.15. The van der Waals surface area contributed by atoms with E-state index in [1.165, 1.54) is 103 Å². The summed E-state index contributed by atoms with van der Waals surface area (Å²) in [5.41, 5.74) is 0. The molecule has 0 atom stereocenters. The first kappa shape index (κ1) is 27.2. The smallest absolute Gasteiger partial charge is 0.305 e. The molecule has 0 aromatic carbocycles. The predicted molar refractivity (Wildman–Crippen MR) is 124 cm³/mol. The molecule has 0 aromatic rings. The van der Waals surface area contributed by atoms with Crippen molar-refractivity contribution in [1.29, 1.82) is 0 Å². The number of esters is 1.